The van der Waals surface area contributed by atoms with Gasteiger partial charge in [-0.1, -0.05) is 43.3 Å². The molecule has 0 atom stereocenters. The first-order valence-electron chi connectivity index (χ1n) is 10.8. The van der Waals surface area contributed by atoms with Gasteiger partial charge in [-0.15, -0.1) is 0 Å². The molecule has 0 aliphatic rings. The Bertz CT molecular complexity index is 1100. The van der Waals surface area contributed by atoms with Gasteiger partial charge in [0.1, 0.15) is 11.6 Å². The van der Waals surface area contributed by atoms with Crippen LogP contribution in [0.2, 0.25) is 0 Å². The number of amides is 2. The zero-order valence-corrected chi connectivity index (χ0v) is 19.0. The third kappa shape index (κ3) is 6.90. The van der Waals surface area contributed by atoms with Crippen molar-refractivity contribution in [3.05, 3.63) is 71.7 Å². The largest absolute Gasteiger partial charge is 0.497 e. The van der Waals surface area contributed by atoms with Gasteiger partial charge < -0.3 is 19.5 Å². The van der Waals surface area contributed by atoms with Crippen LogP contribution in [-0.4, -0.2) is 42.1 Å². The summed E-state index contributed by atoms with van der Waals surface area (Å²) in [5.41, 5.74) is 1.59. The van der Waals surface area contributed by atoms with Crippen molar-refractivity contribution < 1.29 is 23.2 Å². The second-order valence-electron chi connectivity index (χ2n) is 8.11. The fraction of sp³-hybridized carbons (Fsp3) is 0.320. The molecule has 3 aromatic rings. The highest BCUT2D eigenvalue weighted by Gasteiger charge is 2.22. The molecule has 0 aliphatic heterocycles. The fourth-order valence-corrected chi connectivity index (χ4v) is 3.34. The predicted molar refractivity (Wildman–Crippen MR) is 122 cm³/mol. The third-order valence-electron chi connectivity index (χ3n) is 4.94. The maximum Gasteiger partial charge on any atom is 0.276 e. The zero-order chi connectivity index (χ0) is 23.8. The number of carbonyl (C=O) groups is 2. The second-order valence-corrected chi connectivity index (χ2v) is 8.11. The molecule has 8 heteroatoms. The standard InChI is InChI=1S/C25H28FN3O4/c1-17(2)16-29(11-10-24(30)27-15-18-6-4-8-20(26)12-18)25(31)22-14-23(33-28-22)19-7-5-9-21(13-19)32-3/h4-9,12-14,17H,10-11,15-16H2,1-3H3,(H,27,30). The Morgan fingerprint density at radius 3 is 2.67 bits per heavy atom. The van der Waals surface area contributed by atoms with Gasteiger partial charge in [-0.3, -0.25) is 9.59 Å². The first-order chi connectivity index (χ1) is 15.9. The van der Waals surface area contributed by atoms with Crippen molar-refractivity contribution in [1.29, 1.82) is 0 Å². The molecule has 0 radical (unpaired) electrons. The molecular formula is C25H28FN3O4. The van der Waals surface area contributed by atoms with Crippen molar-refractivity contribution in [3.63, 3.8) is 0 Å². The molecule has 1 N–H and O–H groups in total. The van der Waals surface area contributed by atoms with E-state index in [4.69, 9.17) is 9.26 Å². The summed E-state index contributed by atoms with van der Waals surface area (Å²) in [4.78, 5) is 27.0. The normalized spacial score (nSPS) is 10.8. The second kappa shape index (κ2) is 11.3. The van der Waals surface area contributed by atoms with E-state index in [0.717, 1.165) is 5.56 Å². The number of aromatic nitrogens is 1. The number of benzene rings is 2. The molecule has 0 unspecified atom stereocenters. The minimum atomic E-state index is -0.351. The fourth-order valence-electron chi connectivity index (χ4n) is 3.34. The lowest BCUT2D eigenvalue weighted by atomic mass is 10.1. The maximum absolute atomic E-state index is 13.3. The number of halogens is 1. The van der Waals surface area contributed by atoms with Crippen molar-refractivity contribution in [2.45, 2.75) is 26.8 Å². The SMILES string of the molecule is COc1cccc(-c2cc(C(=O)N(CCC(=O)NCc3cccc(F)c3)CC(C)C)no2)c1. The van der Waals surface area contributed by atoms with E-state index in [1.807, 2.05) is 32.0 Å². The van der Waals surface area contributed by atoms with Crippen LogP contribution in [0.1, 0.15) is 36.3 Å². The summed E-state index contributed by atoms with van der Waals surface area (Å²) in [7, 11) is 1.58. The Balaban J connectivity index is 1.62. The summed E-state index contributed by atoms with van der Waals surface area (Å²) < 4.78 is 23.9. The first-order valence-corrected chi connectivity index (χ1v) is 10.8. The van der Waals surface area contributed by atoms with Gasteiger partial charge in [0.05, 0.1) is 7.11 Å². The molecule has 0 aliphatic carbocycles. The van der Waals surface area contributed by atoms with Crippen LogP contribution in [0.25, 0.3) is 11.3 Å². The van der Waals surface area contributed by atoms with E-state index < -0.39 is 0 Å². The van der Waals surface area contributed by atoms with Crippen molar-refractivity contribution in [2.75, 3.05) is 20.2 Å². The monoisotopic (exact) mass is 453 g/mol. The average Bonchev–Trinajstić information content (AvgIpc) is 3.30. The lowest BCUT2D eigenvalue weighted by Gasteiger charge is -2.23. The highest BCUT2D eigenvalue weighted by atomic mass is 19.1. The summed E-state index contributed by atoms with van der Waals surface area (Å²) in [6, 6.07) is 14.9. The van der Waals surface area contributed by atoms with Crippen molar-refractivity contribution >= 4 is 11.8 Å². The Kier molecular flexibility index (Phi) is 8.18. The smallest absolute Gasteiger partial charge is 0.276 e. The highest BCUT2D eigenvalue weighted by molar-refractivity contribution is 5.93. The van der Waals surface area contributed by atoms with Gasteiger partial charge in [-0.25, -0.2) is 4.39 Å². The number of nitrogens with one attached hydrogen (secondary N) is 1. The lowest BCUT2D eigenvalue weighted by Crippen LogP contribution is -2.37. The van der Waals surface area contributed by atoms with Crippen molar-refractivity contribution in [2.24, 2.45) is 5.92 Å². The predicted octanol–water partition coefficient (Wildman–Crippen LogP) is 4.29. The van der Waals surface area contributed by atoms with Crippen LogP contribution < -0.4 is 10.1 Å². The molecule has 7 nitrogen and oxygen atoms in total. The molecule has 0 saturated carbocycles. The van der Waals surface area contributed by atoms with Gasteiger partial charge in [0, 0.05) is 37.7 Å². The molecule has 0 spiro atoms. The molecule has 1 aromatic heterocycles. The number of hydrogen-bond acceptors (Lipinski definition) is 5. The molecule has 33 heavy (non-hydrogen) atoms. The Morgan fingerprint density at radius 1 is 1.15 bits per heavy atom. The average molecular weight is 454 g/mol. The molecule has 0 bridgehead atoms. The molecule has 3 rings (SSSR count). The number of hydrogen-bond donors (Lipinski definition) is 1. The van der Waals surface area contributed by atoms with Gasteiger partial charge in [0.25, 0.3) is 5.91 Å². The zero-order valence-electron chi connectivity index (χ0n) is 19.0. The van der Waals surface area contributed by atoms with Crippen molar-refractivity contribution in [1.82, 2.24) is 15.4 Å². The number of methoxy groups -OCH3 is 1. The van der Waals surface area contributed by atoms with E-state index in [-0.39, 0.29) is 48.8 Å². The topological polar surface area (TPSA) is 84.7 Å². The molecule has 0 saturated heterocycles. The minimum Gasteiger partial charge on any atom is -0.497 e. The first kappa shape index (κ1) is 24.0. The van der Waals surface area contributed by atoms with Crippen LogP contribution in [0, 0.1) is 11.7 Å². The summed E-state index contributed by atoms with van der Waals surface area (Å²) >= 11 is 0. The van der Waals surface area contributed by atoms with Gasteiger partial charge >= 0.3 is 0 Å². The van der Waals surface area contributed by atoms with Crippen LogP contribution >= 0.6 is 0 Å². The van der Waals surface area contributed by atoms with Crippen LogP contribution in [0.5, 0.6) is 5.75 Å². The maximum atomic E-state index is 13.3. The highest BCUT2D eigenvalue weighted by Crippen LogP contribution is 2.25. The van der Waals surface area contributed by atoms with Gasteiger partial charge in [0.15, 0.2) is 11.5 Å². The summed E-state index contributed by atoms with van der Waals surface area (Å²) in [5.74, 6) is 0.444. The number of ether oxygens (including phenoxy) is 1. The van der Waals surface area contributed by atoms with Crippen LogP contribution in [0.3, 0.4) is 0 Å². The Hall–Kier alpha value is -3.68. The lowest BCUT2D eigenvalue weighted by molar-refractivity contribution is -0.121. The summed E-state index contributed by atoms with van der Waals surface area (Å²) in [6.45, 7) is 4.91. The molecular weight excluding hydrogens is 425 g/mol. The van der Waals surface area contributed by atoms with E-state index in [2.05, 4.69) is 10.5 Å². The van der Waals surface area contributed by atoms with E-state index in [9.17, 15) is 14.0 Å². The molecule has 0 fully saturated rings. The van der Waals surface area contributed by atoms with E-state index in [1.165, 1.54) is 12.1 Å². The van der Waals surface area contributed by atoms with E-state index >= 15 is 0 Å². The molecule has 2 amide bonds. The van der Waals surface area contributed by atoms with Crippen molar-refractivity contribution in [3.8, 4) is 17.1 Å². The summed E-state index contributed by atoms with van der Waals surface area (Å²) in [5, 5.41) is 6.70. The van der Waals surface area contributed by atoms with Crippen LogP contribution in [0.15, 0.2) is 59.1 Å². The van der Waals surface area contributed by atoms with E-state index in [1.54, 1.807) is 36.3 Å². The Labute approximate surface area is 192 Å². The van der Waals surface area contributed by atoms with Gasteiger partial charge in [0.2, 0.25) is 5.91 Å². The number of rotatable bonds is 10. The molecule has 2 aromatic carbocycles. The quantitative estimate of drug-likeness (QED) is 0.495. The van der Waals surface area contributed by atoms with Crippen LogP contribution in [-0.2, 0) is 11.3 Å². The van der Waals surface area contributed by atoms with Crippen LogP contribution in [0.4, 0.5) is 4.39 Å². The molecule has 1 heterocycles. The molecule has 174 valence electrons. The van der Waals surface area contributed by atoms with E-state index in [0.29, 0.717) is 23.6 Å². The number of nitrogens with zero attached hydrogens (tertiary/aromatic N) is 2. The number of carbonyl (C=O) groups excluding carboxylic acids is 2. The summed E-state index contributed by atoms with van der Waals surface area (Å²) in [6.07, 6.45) is 0.119. The van der Waals surface area contributed by atoms with Gasteiger partial charge in [-0.05, 0) is 35.7 Å². The minimum absolute atomic E-state index is 0.119. The third-order valence-corrected chi connectivity index (χ3v) is 4.94. The Morgan fingerprint density at radius 2 is 1.94 bits per heavy atom. The van der Waals surface area contributed by atoms with Gasteiger partial charge in [-0.2, -0.15) is 0 Å².